The van der Waals surface area contributed by atoms with E-state index in [1.54, 1.807) is 25.5 Å². The minimum Gasteiger partial charge on any atom is -0.496 e. The van der Waals surface area contributed by atoms with Crippen LogP contribution in [0.1, 0.15) is 5.56 Å². The summed E-state index contributed by atoms with van der Waals surface area (Å²) in [5.74, 6) is 0.854. The molecule has 0 amide bonds. The van der Waals surface area contributed by atoms with Crippen LogP contribution in [-0.2, 0) is 0 Å². The van der Waals surface area contributed by atoms with E-state index in [1.165, 1.54) is 16.8 Å². The highest BCUT2D eigenvalue weighted by Gasteiger charge is 2.09. The normalized spacial score (nSPS) is 11.1. The molecule has 3 aromatic rings. The van der Waals surface area contributed by atoms with Crippen molar-refractivity contribution in [1.82, 2.24) is 14.9 Å². The van der Waals surface area contributed by atoms with Gasteiger partial charge >= 0.3 is 0 Å². The zero-order valence-electron chi connectivity index (χ0n) is 12.5. The summed E-state index contributed by atoms with van der Waals surface area (Å²) in [5.41, 5.74) is 1.47. The Hall–Kier alpha value is -2.32. The van der Waals surface area contributed by atoms with Gasteiger partial charge in [-0.2, -0.15) is 14.9 Å². The summed E-state index contributed by atoms with van der Waals surface area (Å²) in [6.45, 7) is 0. The third-order valence-electron chi connectivity index (χ3n) is 3.26. The van der Waals surface area contributed by atoms with E-state index in [0.29, 0.717) is 21.9 Å². The largest absolute Gasteiger partial charge is 0.496 e. The number of aromatic nitrogens is 3. The van der Waals surface area contributed by atoms with Gasteiger partial charge in [-0.05, 0) is 54.7 Å². The lowest BCUT2D eigenvalue weighted by molar-refractivity contribution is 0.414. The molecule has 1 heterocycles. The van der Waals surface area contributed by atoms with E-state index in [1.807, 2.05) is 18.2 Å². The number of ether oxygens (including phenoxy) is 1. The molecule has 122 valence electrons. The summed E-state index contributed by atoms with van der Waals surface area (Å²) in [6.07, 6.45) is 1.63. The Balaban J connectivity index is 2.02. The number of aromatic amines is 1. The summed E-state index contributed by atoms with van der Waals surface area (Å²) in [7, 11) is 1.59. The summed E-state index contributed by atoms with van der Waals surface area (Å²) >= 11 is 8.64. The molecule has 0 atom stereocenters. The molecule has 0 spiro atoms. The zero-order chi connectivity index (χ0) is 17.1. The van der Waals surface area contributed by atoms with Crippen LogP contribution in [0.3, 0.4) is 0 Å². The van der Waals surface area contributed by atoms with Crippen molar-refractivity contribution in [3.8, 4) is 17.1 Å². The quantitative estimate of drug-likeness (QED) is 0.515. The van der Waals surface area contributed by atoms with Gasteiger partial charge < -0.3 is 4.74 Å². The van der Waals surface area contributed by atoms with Crippen LogP contribution >= 0.6 is 28.1 Å². The number of rotatable bonds is 4. The fraction of sp³-hybridized carbons (Fsp3) is 0.0625. The Kier molecular flexibility index (Phi) is 4.86. The summed E-state index contributed by atoms with van der Waals surface area (Å²) in [4.78, 5) is 0. The number of hydrogen-bond acceptors (Lipinski definition) is 4. The maximum Gasteiger partial charge on any atom is 0.216 e. The van der Waals surface area contributed by atoms with Crippen LogP contribution in [0.2, 0.25) is 0 Å². The fourth-order valence-corrected chi connectivity index (χ4v) is 2.67. The second-order valence-corrected chi connectivity index (χ2v) is 6.10. The smallest absolute Gasteiger partial charge is 0.216 e. The van der Waals surface area contributed by atoms with Crippen LogP contribution in [0.4, 0.5) is 4.39 Å². The lowest BCUT2D eigenvalue weighted by Crippen LogP contribution is -1.97. The maximum atomic E-state index is 13.1. The molecule has 0 radical (unpaired) electrons. The molecule has 8 heteroatoms. The molecule has 24 heavy (non-hydrogen) atoms. The van der Waals surface area contributed by atoms with Crippen LogP contribution in [0.15, 0.2) is 52.0 Å². The van der Waals surface area contributed by atoms with Gasteiger partial charge in [0.15, 0.2) is 5.82 Å². The highest BCUT2D eigenvalue weighted by Crippen LogP contribution is 2.22. The van der Waals surface area contributed by atoms with Crippen LogP contribution < -0.4 is 4.74 Å². The Bertz CT molecular complexity index is 949. The SMILES string of the molecule is COc1ccc(Br)cc1/C=N\n1c(-c2ccc(F)cc2)n[nH]c1=S. The van der Waals surface area contributed by atoms with Crippen molar-refractivity contribution in [3.63, 3.8) is 0 Å². The molecule has 0 aliphatic rings. The van der Waals surface area contributed by atoms with Crippen LogP contribution in [0.5, 0.6) is 5.75 Å². The van der Waals surface area contributed by atoms with Crippen molar-refractivity contribution in [2.24, 2.45) is 5.10 Å². The molecule has 0 fully saturated rings. The molecule has 0 aliphatic heterocycles. The predicted octanol–water partition coefficient (Wildman–Crippen LogP) is 4.40. The van der Waals surface area contributed by atoms with Crippen molar-refractivity contribution in [2.75, 3.05) is 7.11 Å². The molecule has 1 N–H and O–H groups in total. The van der Waals surface area contributed by atoms with Gasteiger partial charge in [-0.15, -0.1) is 0 Å². The minimum atomic E-state index is -0.318. The van der Waals surface area contributed by atoms with E-state index >= 15 is 0 Å². The first-order valence-corrected chi connectivity index (χ1v) is 8.10. The summed E-state index contributed by atoms with van der Waals surface area (Å²) in [5, 5.41) is 11.2. The Morgan fingerprint density at radius 1 is 1.29 bits per heavy atom. The van der Waals surface area contributed by atoms with Crippen LogP contribution in [-0.4, -0.2) is 28.2 Å². The first-order valence-electron chi connectivity index (χ1n) is 6.90. The van der Waals surface area contributed by atoms with Crippen LogP contribution in [0.25, 0.3) is 11.4 Å². The Morgan fingerprint density at radius 3 is 2.75 bits per heavy atom. The molecule has 0 bridgehead atoms. The third-order valence-corrected chi connectivity index (χ3v) is 4.01. The number of benzene rings is 2. The monoisotopic (exact) mass is 406 g/mol. The molecule has 2 aromatic carbocycles. The maximum absolute atomic E-state index is 13.1. The third kappa shape index (κ3) is 3.44. The molecule has 0 saturated carbocycles. The minimum absolute atomic E-state index is 0.318. The summed E-state index contributed by atoms with van der Waals surface area (Å²) < 4.78 is 21.1. The van der Waals surface area contributed by atoms with Gasteiger partial charge in [0.05, 0.1) is 13.3 Å². The van der Waals surface area contributed by atoms with Gasteiger partial charge in [-0.3, -0.25) is 0 Å². The van der Waals surface area contributed by atoms with Crippen molar-refractivity contribution < 1.29 is 9.13 Å². The standard InChI is InChI=1S/C16H12BrFN4OS/c1-23-14-7-4-12(17)8-11(14)9-19-22-15(20-21-16(22)24)10-2-5-13(18)6-3-10/h2-9H,1H3,(H,21,24)/b19-9-. The molecule has 1 aromatic heterocycles. The molecule has 0 aliphatic carbocycles. The number of hydrogen-bond donors (Lipinski definition) is 1. The number of nitrogens with zero attached hydrogens (tertiary/aromatic N) is 3. The lowest BCUT2D eigenvalue weighted by Gasteiger charge is -2.05. The highest BCUT2D eigenvalue weighted by molar-refractivity contribution is 9.10. The number of H-pyrrole nitrogens is 1. The van der Waals surface area contributed by atoms with Crippen molar-refractivity contribution >= 4 is 34.4 Å². The molecular weight excluding hydrogens is 395 g/mol. The fourth-order valence-electron chi connectivity index (χ4n) is 2.11. The van der Waals surface area contributed by atoms with Crippen molar-refractivity contribution in [2.45, 2.75) is 0 Å². The van der Waals surface area contributed by atoms with E-state index < -0.39 is 0 Å². The van der Waals surface area contributed by atoms with E-state index in [9.17, 15) is 4.39 Å². The van der Waals surface area contributed by atoms with Gasteiger partial charge in [0, 0.05) is 15.6 Å². The Labute approximate surface area is 150 Å². The van der Waals surface area contributed by atoms with Crippen molar-refractivity contribution in [3.05, 3.63) is 63.1 Å². The van der Waals surface area contributed by atoms with Gasteiger partial charge in [0.1, 0.15) is 11.6 Å². The van der Waals surface area contributed by atoms with E-state index in [4.69, 9.17) is 17.0 Å². The highest BCUT2D eigenvalue weighted by atomic mass is 79.9. The van der Waals surface area contributed by atoms with Crippen molar-refractivity contribution in [1.29, 1.82) is 0 Å². The van der Waals surface area contributed by atoms with Gasteiger partial charge in [0.25, 0.3) is 0 Å². The molecule has 3 rings (SSSR count). The second-order valence-electron chi connectivity index (χ2n) is 4.80. The zero-order valence-corrected chi connectivity index (χ0v) is 14.9. The Morgan fingerprint density at radius 2 is 2.04 bits per heavy atom. The van der Waals surface area contributed by atoms with Gasteiger partial charge in [0.2, 0.25) is 4.77 Å². The first-order chi connectivity index (χ1) is 11.6. The van der Waals surface area contributed by atoms with E-state index in [0.717, 1.165) is 10.0 Å². The number of methoxy groups -OCH3 is 1. The molecule has 5 nitrogen and oxygen atoms in total. The van der Waals surface area contributed by atoms with Gasteiger partial charge in [-0.1, -0.05) is 15.9 Å². The van der Waals surface area contributed by atoms with Gasteiger partial charge in [-0.25, -0.2) is 9.49 Å². The lowest BCUT2D eigenvalue weighted by atomic mass is 10.2. The van der Waals surface area contributed by atoms with E-state index in [-0.39, 0.29) is 5.82 Å². The molecule has 0 unspecified atom stereocenters. The summed E-state index contributed by atoms with van der Waals surface area (Å²) in [6, 6.07) is 11.5. The topological polar surface area (TPSA) is 55.2 Å². The number of halogens is 2. The predicted molar refractivity (Wildman–Crippen MR) is 96.5 cm³/mol. The molecule has 0 saturated heterocycles. The average Bonchev–Trinajstić information content (AvgIpc) is 2.94. The number of nitrogens with one attached hydrogen (secondary N) is 1. The second kappa shape index (κ2) is 7.06. The van der Waals surface area contributed by atoms with Crippen LogP contribution in [0, 0.1) is 10.6 Å². The average molecular weight is 407 g/mol. The molecular formula is C16H12BrFN4OS. The van der Waals surface area contributed by atoms with E-state index in [2.05, 4.69) is 31.2 Å². The first kappa shape index (κ1) is 16.5.